The third-order valence-electron chi connectivity index (χ3n) is 2.70. The minimum atomic E-state index is -0.122. The van der Waals surface area contributed by atoms with Crippen molar-refractivity contribution in [2.24, 2.45) is 0 Å². The van der Waals surface area contributed by atoms with Crippen molar-refractivity contribution in [1.29, 1.82) is 0 Å². The Hall–Kier alpha value is -1.72. The van der Waals surface area contributed by atoms with Crippen molar-refractivity contribution in [2.45, 2.75) is 25.9 Å². The van der Waals surface area contributed by atoms with Crippen LogP contribution >= 0.6 is 0 Å². The van der Waals surface area contributed by atoms with Gasteiger partial charge >= 0.3 is 0 Å². The van der Waals surface area contributed by atoms with Crippen LogP contribution in [0.1, 0.15) is 30.3 Å². The summed E-state index contributed by atoms with van der Waals surface area (Å²) in [5.74, 6) is 1.17. The number of benzene rings is 1. The fourth-order valence-electron chi connectivity index (χ4n) is 1.69. The first kappa shape index (κ1) is 12.7. The van der Waals surface area contributed by atoms with Gasteiger partial charge in [-0.1, -0.05) is 37.3 Å². The summed E-state index contributed by atoms with van der Waals surface area (Å²) < 4.78 is 5.40. The molecule has 0 amide bonds. The van der Waals surface area contributed by atoms with Crippen LogP contribution < -0.4 is 5.32 Å². The van der Waals surface area contributed by atoms with Crippen LogP contribution in [-0.2, 0) is 13.0 Å². The maximum Gasteiger partial charge on any atom is 0.230 e. The summed E-state index contributed by atoms with van der Waals surface area (Å²) in [6, 6.07) is 9.66. The van der Waals surface area contributed by atoms with Crippen LogP contribution in [-0.4, -0.2) is 21.9 Å². The molecule has 0 saturated carbocycles. The second-order valence-corrected chi connectivity index (χ2v) is 3.97. The van der Waals surface area contributed by atoms with Gasteiger partial charge in [-0.15, -0.1) is 10.2 Å². The lowest BCUT2D eigenvalue weighted by Crippen LogP contribution is -2.24. The summed E-state index contributed by atoms with van der Waals surface area (Å²) >= 11 is 0. The zero-order valence-electron chi connectivity index (χ0n) is 10.3. The summed E-state index contributed by atoms with van der Waals surface area (Å²) in [5.41, 5.74) is 1.04. The minimum Gasteiger partial charge on any atom is -0.424 e. The SMILES string of the molecule is CCc1nnc(CN[C@@H](CO)c2ccccc2)o1. The predicted molar refractivity (Wildman–Crippen MR) is 66.8 cm³/mol. The molecule has 0 spiro atoms. The van der Waals surface area contributed by atoms with E-state index in [1.807, 2.05) is 37.3 Å². The summed E-state index contributed by atoms with van der Waals surface area (Å²) in [4.78, 5) is 0. The maximum atomic E-state index is 9.38. The first-order valence-corrected chi connectivity index (χ1v) is 6.04. The van der Waals surface area contributed by atoms with E-state index in [-0.39, 0.29) is 12.6 Å². The third kappa shape index (κ3) is 3.15. The molecule has 18 heavy (non-hydrogen) atoms. The zero-order chi connectivity index (χ0) is 12.8. The number of aliphatic hydroxyl groups is 1. The second kappa shape index (κ2) is 6.28. The molecular weight excluding hydrogens is 230 g/mol. The monoisotopic (exact) mass is 247 g/mol. The van der Waals surface area contributed by atoms with Crippen LogP contribution in [0.3, 0.4) is 0 Å². The van der Waals surface area contributed by atoms with Crippen molar-refractivity contribution in [1.82, 2.24) is 15.5 Å². The number of aryl methyl sites for hydroxylation is 1. The number of hydrogen-bond donors (Lipinski definition) is 2. The van der Waals surface area contributed by atoms with E-state index in [1.165, 1.54) is 0 Å². The molecule has 0 unspecified atom stereocenters. The summed E-state index contributed by atoms with van der Waals surface area (Å²) in [6.07, 6.45) is 0.731. The molecular formula is C13H17N3O2. The number of nitrogens with one attached hydrogen (secondary N) is 1. The topological polar surface area (TPSA) is 71.2 Å². The van der Waals surface area contributed by atoms with E-state index in [4.69, 9.17) is 4.42 Å². The van der Waals surface area contributed by atoms with E-state index >= 15 is 0 Å². The highest BCUT2D eigenvalue weighted by atomic mass is 16.4. The molecule has 0 saturated heterocycles. The van der Waals surface area contributed by atoms with Crippen molar-refractivity contribution in [3.8, 4) is 0 Å². The molecule has 5 nitrogen and oxygen atoms in total. The van der Waals surface area contributed by atoms with Crippen molar-refractivity contribution in [2.75, 3.05) is 6.61 Å². The zero-order valence-corrected chi connectivity index (χ0v) is 10.3. The Kier molecular flexibility index (Phi) is 4.44. The van der Waals surface area contributed by atoms with E-state index in [2.05, 4.69) is 15.5 Å². The summed E-state index contributed by atoms with van der Waals surface area (Å²) in [5, 5.41) is 20.4. The van der Waals surface area contributed by atoms with Gasteiger partial charge < -0.3 is 9.52 Å². The van der Waals surface area contributed by atoms with Gasteiger partial charge in [-0.25, -0.2) is 0 Å². The predicted octanol–water partition coefficient (Wildman–Crippen LogP) is 1.46. The van der Waals surface area contributed by atoms with Crippen molar-refractivity contribution >= 4 is 0 Å². The summed E-state index contributed by atoms with van der Waals surface area (Å²) in [6.45, 7) is 2.44. The Bertz CT molecular complexity index is 470. The average molecular weight is 247 g/mol. The molecule has 0 aliphatic carbocycles. The van der Waals surface area contributed by atoms with E-state index in [0.29, 0.717) is 18.3 Å². The normalized spacial score (nSPS) is 12.6. The first-order valence-electron chi connectivity index (χ1n) is 6.04. The summed E-state index contributed by atoms with van der Waals surface area (Å²) in [7, 11) is 0. The molecule has 1 heterocycles. The highest BCUT2D eigenvalue weighted by Crippen LogP contribution is 2.12. The average Bonchev–Trinajstić information content (AvgIpc) is 2.89. The lowest BCUT2D eigenvalue weighted by atomic mass is 10.1. The minimum absolute atomic E-state index is 0.0266. The number of hydrogen-bond acceptors (Lipinski definition) is 5. The van der Waals surface area contributed by atoms with Crippen molar-refractivity contribution in [3.05, 3.63) is 47.7 Å². The smallest absolute Gasteiger partial charge is 0.230 e. The molecule has 5 heteroatoms. The van der Waals surface area contributed by atoms with Crippen LogP contribution in [0.25, 0.3) is 0 Å². The van der Waals surface area contributed by atoms with Crippen LogP contribution in [0.5, 0.6) is 0 Å². The number of nitrogens with zero attached hydrogens (tertiary/aromatic N) is 2. The molecule has 1 atom stereocenters. The highest BCUT2D eigenvalue weighted by molar-refractivity contribution is 5.18. The van der Waals surface area contributed by atoms with Crippen LogP contribution in [0.4, 0.5) is 0 Å². The Morgan fingerprint density at radius 3 is 2.56 bits per heavy atom. The van der Waals surface area contributed by atoms with Gasteiger partial charge in [-0.3, -0.25) is 5.32 Å². The Labute approximate surface area is 106 Å². The number of aromatic nitrogens is 2. The van der Waals surface area contributed by atoms with Crippen LogP contribution in [0.2, 0.25) is 0 Å². The van der Waals surface area contributed by atoms with E-state index in [0.717, 1.165) is 12.0 Å². The molecule has 0 aliphatic heterocycles. The van der Waals surface area contributed by atoms with E-state index in [9.17, 15) is 5.11 Å². The molecule has 0 fully saturated rings. The molecule has 1 aromatic carbocycles. The number of aliphatic hydroxyl groups excluding tert-OH is 1. The maximum absolute atomic E-state index is 9.38. The molecule has 96 valence electrons. The Morgan fingerprint density at radius 1 is 1.22 bits per heavy atom. The van der Waals surface area contributed by atoms with Gasteiger partial charge in [-0.05, 0) is 5.56 Å². The second-order valence-electron chi connectivity index (χ2n) is 3.97. The van der Waals surface area contributed by atoms with Gasteiger partial charge in [0.1, 0.15) is 0 Å². The molecule has 0 bridgehead atoms. The lowest BCUT2D eigenvalue weighted by Gasteiger charge is -2.15. The van der Waals surface area contributed by atoms with Gasteiger partial charge in [0.2, 0.25) is 11.8 Å². The molecule has 2 aromatic rings. The molecule has 0 radical (unpaired) electrons. The van der Waals surface area contributed by atoms with Crippen molar-refractivity contribution < 1.29 is 9.52 Å². The number of rotatable bonds is 6. The standard InChI is InChI=1S/C13H17N3O2/c1-2-12-15-16-13(18-12)8-14-11(9-17)10-6-4-3-5-7-10/h3-7,11,14,17H,2,8-9H2,1H3/t11-/m0/s1. The fraction of sp³-hybridized carbons (Fsp3) is 0.385. The van der Waals surface area contributed by atoms with E-state index in [1.54, 1.807) is 0 Å². The van der Waals surface area contributed by atoms with Gasteiger partial charge in [0.15, 0.2) is 0 Å². The Morgan fingerprint density at radius 2 is 1.94 bits per heavy atom. The molecule has 2 N–H and O–H groups in total. The molecule has 2 rings (SSSR count). The first-order chi connectivity index (χ1) is 8.83. The lowest BCUT2D eigenvalue weighted by molar-refractivity contribution is 0.240. The molecule has 0 aliphatic rings. The van der Waals surface area contributed by atoms with Gasteiger partial charge in [0, 0.05) is 6.42 Å². The van der Waals surface area contributed by atoms with Crippen molar-refractivity contribution in [3.63, 3.8) is 0 Å². The third-order valence-corrected chi connectivity index (χ3v) is 2.70. The van der Waals surface area contributed by atoms with Gasteiger partial charge in [0.25, 0.3) is 0 Å². The quantitative estimate of drug-likeness (QED) is 0.808. The van der Waals surface area contributed by atoms with Crippen LogP contribution in [0, 0.1) is 0 Å². The van der Waals surface area contributed by atoms with E-state index < -0.39 is 0 Å². The van der Waals surface area contributed by atoms with Gasteiger partial charge in [-0.2, -0.15) is 0 Å². The largest absolute Gasteiger partial charge is 0.424 e. The highest BCUT2D eigenvalue weighted by Gasteiger charge is 2.11. The van der Waals surface area contributed by atoms with Gasteiger partial charge in [0.05, 0.1) is 19.2 Å². The molecule has 1 aromatic heterocycles. The fourth-order valence-corrected chi connectivity index (χ4v) is 1.69. The van der Waals surface area contributed by atoms with Crippen LogP contribution in [0.15, 0.2) is 34.7 Å². The Balaban J connectivity index is 1.95.